The molecule has 0 saturated carbocycles. The van der Waals surface area contributed by atoms with Crippen LogP contribution < -0.4 is 10.6 Å². The number of guanidine groups is 1. The molecular formula is C16H24FN3OS. The first-order chi connectivity index (χ1) is 10.8. The van der Waals surface area contributed by atoms with Crippen LogP contribution in [0, 0.1) is 5.82 Å². The number of hydrogen-bond donors (Lipinski definition) is 2. The van der Waals surface area contributed by atoms with Gasteiger partial charge in [0.2, 0.25) is 0 Å². The Morgan fingerprint density at radius 3 is 3.00 bits per heavy atom. The van der Waals surface area contributed by atoms with Crippen LogP contribution in [0.25, 0.3) is 0 Å². The molecule has 0 bridgehead atoms. The summed E-state index contributed by atoms with van der Waals surface area (Å²) in [6.45, 7) is 2.46. The molecule has 1 atom stereocenters. The summed E-state index contributed by atoms with van der Waals surface area (Å²) < 4.78 is 19.0. The second-order valence-electron chi connectivity index (χ2n) is 5.16. The van der Waals surface area contributed by atoms with E-state index in [1.54, 1.807) is 24.9 Å². The van der Waals surface area contributed by atoms with Gasteiger partial charge in [-0.1, -0.05) is 18.2 Å². The summed E-state index contributed by atoms with van der Waals surface area (Å²) >= 11 is 1.71. The summed E-state index contributed by atoms with van der Waals surface area (Å²) in [6, 6.07) is 6.92. The van der Waals surface area contributed by atoms with Gasteiger partial charge in [0.05, 0.1) is 6.10 Å². The Hall–Kier alpha value is -1.27. The van der Waals surface area contributed by atoms with Gasteiger partial charge in [0.25, 0.3) is 0 Å². The Morgan fingerprint density at radius 2 is 2.27 bits per heavy atom. The number of nitrogens with zero attached hydrogens (tertiary/aromatic N) is 1. The van der Waals surface area contributed by atoms with E-state index in [1.807, 2.05) is 12.1 Å². The molecule has 22 heavy (non-hydrogen) atoms. The molecule has 0 spiro atoms. The smallest absolute Gasteiger partial charge is 0.191 e. The molecule has 0 aromatic heterocycles. The minimum absolute atomic E-state index is 0.128. The Labute approximate surface area is 135 Å². The van der Waals surface area contributed by atoms with E-state index in [2.05, 4.69) is 15.6 Å². The Morgan fingerprint density at radius 1 is 1.41 bits per heavy atom. The molecule has 1 aliphatic rings. The lowest BCUT2D eigenvalue weighted by Gasteiger charge is -2.14. The fourth-order valence-corrected chi connectivity index (χ4v) is 3.12. The van der Waals surface area contributed by atoms with E-state index in [-0.39, 0.29) is 5.82 Å². The second-order valence-corrected chi connectivity index (χ2v) is 6.26. The molecule has 6 heteroatoms. The number of ether oxygens (including phenoxy) is 1. The highest BCUT2D eigenvalue weighted by molar-refractivity contribution is 7.98. The largest absolute Gasteiger partial charge is 0.376 e. The third kappa shape index (κ3) is 5.85. The van der Waals surface area contributed by atoms with Crippen molar-refractivity contribution >= 4 is 17.7 Å². The third-order valence-electron chi connectivity index (χ3n) is 3.50. The number of hydrogen-bond acceptors (Lipinski definition) is 3. The maximum Gasteiger partial charge on any atom is 0.191 e. The van der Waals surface area contributed by atoms with Gasteiger partial charge in [-0.25, -0.2) is 4.39 Å². The molecule has 0 aliphatic carbocycles. The molecule has 0 radical (unpaired) electrons. The lowest BCUT2D eigenvalue weighted by atomic mass is 10.2. The standard InChI is InChI=1S/C16H24FN3OS/c1-18-16(20-11-14-6-4-9-21-14)19-8-10-22-12-13-5-2-3-7-15(13)17/h2-3,5,7,14H,4,6,8-12H2,1H3,(H2,18,19,20). The van der Waals surface area contributed by atoms with E-state index in [1.165, 1.54) is 6.07 Å². The Bertz CT molecular complexity index is 478. The lowest BCUT2D eigenvalue weighted by Crippen LogP contribution is -2.41. The molecule has 1 unspecified atom stereocenters. The van der Waals surface area contributed by atoms with Gasteiger partial charge < -0.3 is 15.4 Å². The number of aliphatic imine (C=N–C) groups is 1. The summed E-state index contributed by atoms with van der Waals surface area (Å²) in [5, 5.41) is 6.54. The topological polar surface area (TPSA) is 45.7 Å². The van der Waals surface area contributed by atoms with E-state index < -0.39 is 0 Å². The molecule has 122 valence electrons. The number of halogens is 1. The van der Waals surface area contributed by atoms with Crippen molar-refractivity contribution in [3.8, 4) is 0 Å². The van der Waals surface area contributed by atoms with Gasteiger partial charge in [0.15, 0.2) is 5.96 Å². The summed E-state index contributed by atoms with van der Waals surface area (Å²) in [7, 11) is 1.76. The number of thioether (sulfide) groups is 1. The van der Waals surface area contributed by atoms with Crippen LogP contribution in [-0.4, -0.2) is 44.6 Å². The molecule has 1 heterocycles. The van der Waals surface area contributed by atoms with E-state index in [9.17, 15) is 4.39 Å². The minimum Gasteiger partial charge on any atom is -0.376 e. The molecule has 1 saturated heterocycles. The van der Waals surface area contributed by atoms with Crippen molar-refractivity contribution in [2.45, 2.75) is 24.7 Å². The summed E-state index contributed by atoms with van der Waals surface area (Å²) in [5.74, 6) is 2.25. The van der Waals surface area contributed by atoms with E-state index in [0.29, 0.717) is 11.9 Å². The summed E-state index contributed by atoms with van der Waals surface area (Å²) in [5.41, 5.74) is 0.758. The predicted octanol–water partition coefficient (Wildman–Crippen LogP) is 2.40. The van der Waals surface area contributed by atoms with Crippen LogP contribution >= 0.6 is 11.8 Å². The van der Waals surface area contributed by atoms with Gasteiger partial charge in [-0.05, 0) is 24.5 Å². The van der Waals surface area contributed by atoms with Crippen molar-refractivity contribution < 1.29 is 9.13 Å². The first kappa shape index (κ1) is 17.1. The average Bonchev–Trinajstić information content (AvgIpc) is 3.05. The van der Waals surface area contributed by atoms with Crippen LogP contribution in [0.2, 0.25) is 0 Å². The van der Waals surface area contributed by atoms with Crippen LogP contribution in [0.1, 0.15) is 18.4 Å². The molecule has 1 fully saturated rings. The van der Waals surface area contributed by atoms with Crippen molar-refractivity contribution in [3.63, 3.8) is 0 Å². The van der Waals surface area contributed by atoms with Gasteiger partial charge >= 0.3 is 0 Å². The normalized spacial score (nSPS) is 18.5. The van der Waals surface area contributed by atoms with Gasteiger partial charge in [0.1, 0.15) is 5.82 Å². The first-order valence-electron chi connectivity index (χ1n) is 7.67. The van der Waals surface area contributed by atoms with Crippen LogP contribution in [0.3, 0.4) is 0 Å². The quantitative estimate of drug-likeness (QED) is 0.459. The van der Waals surface area contributed by atoms with Gasteiger partial charge in [-0.3, -0.25) is 4.99 Å². The zero-order valence-corrected chi connectivity index (χ0v) is 13.8. The molecular weight excluding hydrogens is 301 g/mol. The number of nitrogens with one attached hydrogen (secondary N) is 2. The average molecular weight is 325 g/mol. The number of rotatable bonds is 7. The highest BCUT2D eigenvalue weighted by Gasteiger charge is 2.15. The van der Waals surface area contributed by atoms with E-state index in [0.717, 1.165) is 49.8 Å². The predicted molar refractivity (Wildman–Crippen MR) is 90.9 cm³/mol. The fourth-order valence-electron chi connectivity index (χ4n) is 2.28. The fraction of sp³-hybridized carbons (Fsp3) is 0.562. The number of benzene rings is 1. The van der Waals surface area contributed by atoms with Crippen molar-refractivity contribution in [2.75, 3.05) is 32.5 Å². The van der Waals surface area contributed by atoms with Crippen molar-refractivity contribution in [2.24, 2.45) is 4.99 Å². The van der Waals surface area contributed by atoms with E-state index in [4.69, 9.17) is 4.74 Å². The van der Waals surface area contributed by atoms with Gasteiger partial charge in [-0.2, -0.15) is 11.8 Å². The zero-order valence-electron chi connectivity index (χ0n) is 13.0. The zero-order chi connectivity index (χ0) is 15.6. The maximum atomic E-state index is 13.5. The molecule has 1 aromatic rings. The van der Waals surface area contributed by atoms with Crippen LogP contribution in [0.5, 0.6) is 0 Å². The van der Waals surface area contributed by atoms with Crippen molar-refractivity contribution in [1.82, 2.24) is 10.6 Å². The lowest BCUT2D eigenvalue weighted by molar-refractivity contribution is 0.114. The Kier molecular flexibility index (Phi) is 7.53. The molecule has 4 nitrogen and oxygen atoms in total. The third-order valence-corrected chi connectivity index (χ3v) is 4.51. The van der Waals surface area contributed by atoms with Crippen LogP contribution in [0.4, 0.5) is 4.39 Å². The Balaban J connectivity index is 1.57. The van der Waals surface area contributed by atoms with Gasteiger partial charge in [-0.15, -0.1) is 0 Å². The molecule has 1 aromatic carbocycles. The first-order valence-corrected chi connectivity index (χ1v) is 8.82. The summed E-state index contributed by atoms with van der Waals surface area (Å²) in [4.78, 5) is 4.19. The SMILES string of the molecule is CN=C(NCCSCc1ccccc1F)NCC1CCCO1. The minimum atomic E-state index is -0.128. The molecule has 2 N–H and O–H groups in total. The highest BCUT2D eigenvalue weighted by Crippen LogP contribution is 2.14. The van der Waals surface area contributed by atoms with Crippen molar-refractivity contribution in [3.05, 3.63) is 35.6 Å². The summed E-state index contributed by atoms with van der Waals surface area (Å²) in [6.07, 6.45) is 2.56. The van der Waals surface area contributed by atoms with Gasteiger partial charge in [0, 0.05) is 38.2 Å². The van der Waals surface area contributed by atoms with Crippen LogP contribution in [-0.2, 0) is 10.5 Å². The van der Waals surface area contributed by atoms with Crippen LogP contribution in [0.15, 0.2) is 29.3 Å². The second kappa shape index (κ2) is 9.69. The molecule has 2 rings (SSSR count). The van der Waals surface area contributed by atoms with E-state index >= 15 is 0 Å². The molecule has 1 aliphatic heterocycles. The van der Waals surface area contributed by atoms with Crippen molar-refractivity contribution in [1.29, 1.82) is 0 Å². The molecule has 0 amide bonds. The highest BCUT2D eigenvalue weighted by atomic mass is 32.2. The monoisotopic (exact) mass is 325 g/mol. The maximum absolute atomic E-state index is 13.5.